The van der Waals surface area contributed by atoms with E-state index in [1.165, 1.54) is 12.1 Å². The van der Waals surface area contributed by atoms with Crippen LogP contribution in [0, 0.1) is 5.82 Å². The first-order valence-corrected chi connectivity index (χ1v) is 4.78. The van der Waals surface area contributed by atoms with Gasteiger partial charge < -0.3 is 4.74 Å². The first kappa shape index (κ1) is 11.4. The molecular weight excluding hydrogens is 195 g/mol. The first-order chi connectivity index (χ1) is 7.19. The van der Waals surface area contributed by atoms with Gasteiger partial charge in [0.15, 0.2) is 5.78 Å². The summed E-state index contributed by atoms with van der Waals surface area (Å²) < 4.78 is 18.6. The molecule has 15 heavy (non-hydrogen) atoms. The molecule has 80 valence electrons. The van der Waals surface area contributed by atoms with Crippen molar-refractivity contribution in [2.75, 3.05) is 6.61 Å². The maximum atomic E-state index is 13.4. The number of ether oxygens (including phenoxy) is 1. The molecule has 0 amide bonds. The van der Waals surface area contributed by atoms with Gasteiger partial charge in [-0.2, -0.15) is 0 Å². The lowest BCUT2D eigenvalue weighted by atomic mass is 10.1. The zero-order chi connectivity index (χ0) is 11.3. The minimum Gasteiger partial charge on any atom is -0.494 e. The fourth-order valence-corrected chi connectivity index (χ4v) is 1.12. The molecule has 0 aliphatic heterocycles. The predicted octanol–water partition coefficient (Wildman–Crippen LogP) is 2.98. The van der Waals surface area contributed by atoms with Gasteiger partial charge in [0.05, 0.1) is 12.2 Å². The van der Waals surface area contributed by atoms with E-state index in [1.807, 2.05) is 6.92 Å². The largest absolute Gasteiger partial charge is 0.494 e. The van der Waals surface area contributed by atoms with Crippen LogP contribution in [-0.2, 0) is 0 Å². The summed E-state index contributed by atoms with van der Waals surface area (Å²) in [6, 6.07) is 4.20. The lowest BCUT2D eigenvalue weighted by Gasteiger charge is -2.05. The lowest BCUT2D eigenvalue weighted by Crippen LogP contribution is -2.00. The molecule has 0 spiro atoms. The molecule has 0 aliphatic carbocycles. The number of allylic oxidation sites excluding steroid dienone is 1. The predicted molar refractivity (Wildman–Crippen MR) is 56.7 cm³/mol. The van der Waals surface area contributed by atoms with Crippen molar-refractivity contribution in [3.05, 3.63) is 42.2 Å². The molecule has 0 N–H and O–H groups in total. The van der Waals surface area contributed by atoms with E-state index in [4.69, 9.17) is 4.74 Å². The third-order valence-corrected chi connectivity index (χ3v) is 1.86. The summed E-state index contributed by atoms with van der Waals surface area (Å²) >= 11 is 0. The Bertz CT molecular complexity index is 372. The van der Waals surface area contributed by atoms with Gasteiger partial charge in [-0.15, -0.1) is 0 Å². The summed E-state index contributed by atoms with van der Waals surface area (Å²) in [6.45, 7) is 5.80. The molecule has 0 atom stereocenters. The van der Waals surface area contributed by atoms with E-state index in [2.05, 4.69) is 6.58 Å². The number of rotatable bonds is 5. The zero-order valence-electron chi connectivity index (χ0n) is 8.63. The van der Waals surface area contributed by atoms with E-state index in [0.717, 1.165) is 12.5 Å². The molecule has 0 saturated heterocycles. The second-order valence-corrected chi connectivity index (χ2v) is 3.06. The Morgan fingerprint density at radius 3 is 2.87 bits per heavy atom. The smallest absolute Gasteiger partial charge is 0.188 e. The zero-order valence-corrected chi connectivity index (χ0v) is 8.63. The number of hydrogen-bond acceptors (Lipinski definition) is 2. The molecule has 0 aliphatic rings. The van der Waals surface area contributed by atoms with Gasteiger partial charge in [0, 0.05) is 6.07 Å². The summed E-state index contributed by atoms with van der Waals surface area (Å²) in [5, 5.41) is 0. The number of carbonyl (C=O) groups excluding carboxylic acids is 1. The first-order valence-electron chi connectivity index (χ1n) is 4.78. The quantitative estimate of drug-likeness (QED) is 0.549. The van der Waals surface area contributed by atoms with Crippen molar-refractivity contribution in [3.63, 3.8) is 0 Å². The summed E-state index contributed by atoms with van der Waals surface area (Å²) in [4.78, 5) is 11.2. The van der Waals surface area contributed by atoms with Crippen LogP contribution in [0.2, 0.25) is 0 Å². The van der Waals surface area contributed by atoms with Crippen molar-refractivity contribution >= 4 is 5.78 Å². The number of hydrogen-bond donors (Lipinski definition) is 0. The molecular formula is C12H13FO2. The van der Waals surface area contributed by atoms with Gasteiger partial charge in [0.2, 0.25) is 0 Å². The maximum absolute atomic E-state index is 13.4. The molecule has 3 heteroatoms. The molecule has 0 aromatic heterocycles. The lowest BCUT2D eigenvalue weighted by molar-refractivity contribution is 0.104. The minimum absolute atomic E-state index is 0.0221. The Morgan fingerprint density at radius 1 is 1.60 bits per heavy atom. The standard InChI is InChI=1S/C12H13FO2/c1-3-7-15-9-5-6-10(11(13)8-9)12(14)4-2/h4-6,8H,2-3,7H2,1H3. The van der Waals surface area contributed by atoms with Crippen molar-refractivity contribution in [3.8, 4) is 5.75 Å². The highest BCUT2D eigenvalue weighted by atomic mass is 19.1. The van der Waals surface area contributed by atoms with Crippen molar-refractivity contribution in [2.45, 2.75) is 13.3 Å². The third-order valence-electron chi connectivity index (χ3n) is 1.86. The SMILES string of the molecule is C=CC(=O)c1ccc(OCCC)cc1F. The van der Waals surface area contributed by atoms with Crippen LogP contribution >= 0.6 is 0 Å². The number of benzene rings is 1. The van der Waals surface area contributed by atoms with E-state index in [0.29, 0.717) is 12.4 Å². The highest BCUT2D eigenvalue weighted by molar-refractivity contribution is 6.04. The number of ketones is 1. The van der Waals surface area contributed by atoms with Crippen LogP contribution in [-0.4, -0.2) is 12.4 Å². The van der Waals surface area contributed by atoms with Crippen molar-refractivity contribution < 1.29 is 13.9 Å². The van der Waals surface area contributed by atoms with Crippen molar-refractivity contribution in [1.29, 1.82) is 0 Å². The van der Waals surface area contributed by atoms with Crippen LogP contribution in [0.25, 0.3) is 0 Å². The fourth-order valence-electron chi connectivity index (χ4n) is 1.12. The summed E-state index contributed by atoms with van der Waals surface area (Å²) in [5.41, 5.74) is 0.0221. The van der Waals surface area contributed by atoms with Crippen LogP contribution in [0.3, 0.4) is 0 Å². The second kappa shape index (κ2) is 5.29. The summed E-state index contributed by atoms with van der Waals surface area (Å²) in [6.07, 6.45) is 1.94. The van der Waals surface area contributed by atoms with Crippen LogP contribution in [0.1, 0.15) is 23.7 Å². The average Bonchev–Trinajstić information content (AvgIpc) is 2.25. The number of carbonyl (C=O) groups is 1. The normalized spacial score (nSPS) is 9.73. The van der Waals surface area contributed by atoms with Gasteiger partial charge >= 0.3 is 0 Å². The molecule has 1 rings (SSSR count). The Kier molecular flexibility index (Phi) is 4.03. The molecule has 0 bridgehead atoms. The van der Waals surface area contributed by atoms with Gasteiger partial charge in [-0.3, -0.25) is 4.79 Å². The van der Waals surface area contributed by atoms with E-state index >= 15 is 0 Å². The van der Waals surface area contributed by atoms with E-state index in [9.17, 15) is 9.18 Å². The van der Waals surface area contributed by atoms with E-state index < -0.39 is 11.6 Å². The fraction of sp³-hybridized carbons (Fsp3) is 0.250. The molecule has 0 unspecified atom stereocenters. The monoisotopic (exact) mass is 208 g/mol. The van der Waals surface area contributed by atoms with E-state index in [1.54, 1.807) is 6.07 Å². The van der Waals surface area contributed by atoms with E-state index in [-0.39, 0.29) is 5.56 Å². The van der Waals surface area contributed by atoms with Crippen molar-refractivity contribution in [2.24, 2.45) is 0 Å². The van der Waals surface area contributed by atoms with Crippen LogP contribution in [0.15, 0.2) is 30.9 Å². The third kappa shape index (κ3) is 2.91. The molecule has 1 aromatic carbocycles. The van der Waals surface area contributed by atoms with Gasteiger partial charge in [0.25, 0.3) is 0 Å². The van der Waals surface area contributed by atoms with Gasteiger partial charge in [-0.05, 0) is 24.6 Å². The van der Waals surface area contributed by atoms with Crippen LogP contribution in [0.4, 0.5) is 4.39 Å². The van der Waals surface area contributed by atoms with Crippen LogP contribution < -0.4 is 4.74 Å². The highest BCUT2D eigenvalue weighted by Gasteiger charge is 2.09. The van der Waals surface area contributed by atoms with Gasteiger partial charge in [-0.1, -0.05) is 13.5 Å². The van der Waals surface area contributed by atoms with Gasteiger partial charge in [0.1, 0.15) is 11.6 Å². The Hall–Kier alpha value is -1.64. The second-order valence-electron chi connectivity index (χ2n) is 3.06. The topological polar surface area (TPSA) is 26.3 Å². The average molecular weight is 208 g/mol. The molecule has 0 heterocycles. The molecule has 0 fully saturated rings. The Morgan fingerprint density at radius 2 is 2.33 bits per heavy atom. The molecule has 1 aromatic rings. The molecule has 0 saturated carbocycles. The molecule has 2 nitrogen and oxygen atoms in total. The summed E-state index contributed by atoms with van der Waals surface area (Å²) in [5.74, 6) is -0.557. The van der Waals surface area contributed by atoms with Crippen molar-refractivity contribution in [1.82, 2.24) is 0 Å². The summed E-state index contributed by atoms with van der Waals surface area (Å²) in [7, 11) is 0. The maximum Gasteiger partial charge on any atom is 0.188 e. The Balaban J connectivity index is 2.87. The number of halogens is 1. The molecule has 0 radical (unpaired) electrons. The van der Waals surface area contributed by atoms with Crippen LogP contribution in [0.5, 0.6) is 5.75 Å². The van der Waals surface area contributed by atoms with Gasteiger partial charge in [-0.25, -0.2) is 4.39 Å². The highest BCUT2D eigenvalue weighted by Crippen LogP contribution is 2.17. The minimum atomic E-state index is -0.575. The Labute approximate surface area is 88.4 Å².